The van der Waals surface area contributed by atoms with Crippen molar-refractivity contribution in [3.63, 3.8) is 0 Å². The highest BCUT2D eigenvalue weighted by molar-refractivity contribution is 7.45. The number of carbonyl (C=O) groups excluding carboxylic acids is 1. The van der Waals surface area contributed by atoms with Gasteiger partial charge in [0.15, 0.2) is 0 Å². The Hall–Kier alpha value is -2.58. The van der Waals surface area contributed by atoms with Gasteiger partial charge >= 0.3 is 5.97 Å². The molecule has 0 aromatic heterocycles. The molecule has 0 aromatic carbocycles. The van der Waals surface area contributed by atoms with E-state index in [1.807, 2.05) is 21.1 Å². The lowest BCUT2D eigenvalue weighted by atomic mass is 10.0. The summed E-state index contributed by atoms with van der Waals surface area (Å²) in [4.78, 5) is 25.3. The highest BCUT2D eigenvalue weighted by atomic mass is 31.2. The second-order valence-electron chi connectivity index (χ2n) is 21.0. The molecule has 2 atom stereocenters. The molecular weight excluding hydrogens is 926 g/mol. The lowest BCUT2D eigenvalue weighted by Gasteiger charge is -2.28. The van der Waals surface area contributed by atoms with Crippen LogP contribution in [0.2, 0.25) is 0 Å². The van der Waals surface area contributed by atoms with Crippen LogP contribution in [0.25, 0.3) is 0 Å². The molecule has 0 spiro atoms. The highest BCUT2D eigenvalue weighted by Gasteiger charge is 2.20. The summed E-state index contributed by atoms with van der Waals surface area (Å²) in [5, 5.41) is 0. The second kappa shape index (κ2) is 55.6. The number of carbonyl (C=O) groups is 1. The van der Waals surface area contributed by atoms with Crippen molar-refractivity contribution in [2.75, 3.05) is 54.1 Å². The molecule has 73 heavy (non-hydrogen) atoms. The molecule has 422 valence electrons. The van der Waals surface area contributed by atoms with Crippen molar-refractivity contribution in [3.8, 4) is 0 Å². The number of rotatable bonds is 55. The van der Waals surface area contributed by atoms with Gasteiger partial charge in [-0.15, -0.1) is 0 Å². The molecule has 9 heteroatoms. The molecule has 0 aromatic rings. The van der Waals surface area contributed by atoms with Gasteiger partial charge in [0, 0.05) is 13.0 Å². The van der Waals surface area contributed by atoms with Gasteiger partial charge in [0.05, 0.1) is 34.4 Å². The van der Waals surface area contributed by atoms with Crippen molar-refractivity contribution in [1.29, 1.82) is 0 Å². The number of phosphoric ester groups is 1. The Morgan fingerprint density at radius 2 is 0.795 bits per heavy atom. The lowest BCUT2D eigenvalue weighted by Crippen LogP contribution is -2.37. The van der Waals surface area contributed by atoms with E-state index in [1.165, 1.54) is 128 Å². The van der Waals surface area contributed by atoms with E-state index in [0.717, 1.165) is 96.3 Å². The molecule has 0 saturated carbocycles. The number of hydrogen-bond donors (Lipinski definition) is 0. The monoisotopic (exact) mass is 1040 g/mol. The summed E-state index contributed by atoms with van der Waals surface area (Å²) in [6, 6.07) is 0. The molecule has 0 N–H and O–H groups in total. The fourth-order valence-electron chi connectivity index (χ4n) is 8.05. The Morgan fingerprint density at radius 3 is 1.21 bits per heavy atom. The Balaban J connectivity index is 4.14. The Bertz CT molecular complexity index is 1490. The van der Waals surface area contributed by atoms with Crippen LogP contribution in [0, 0.1) is 0 Å². The minimum atomic E-state index is -4.55. The molecule has 2 unspecified atom stereocenters. The predicted octanol–water partition coefficient (Wildman–Crippen LogP) is 18.7. The summed E-state index contributed by atoms with van der Waals surface area (Å²) < 4.78 is 34.8. The van der Waals surface area contributed by atoms with E-state index in [0.29, 0.717) is 24.1 Å². The van der Waals surface area contributed by atoms with E-state index in [2.05, 4.69) is 111 Å². The van der Waals surface area contributed by atoms with Crippen molar-refractivity contribution in [1.82, 2.24) is 0 Å². The van der Waals surface area contributed by atoms with Crippen LogP contribution in [0.4, 0.5) is 0 Å². The number of esters is 1. The summed E-state index contributed by atoms with van der Waals surface area (Å²) in [6.07, 6.45) is 77.4. The first kappa shape index (κ1) is 70.4. The van der Waals surface area contributed by atoms with Gasteiger partial charge < -0.3 is 27.9 Å². The highest BCUT2D eigenvalue weighted by Crippen LogP contribution is 2.38. The number of nitrogens with zero attached hydrogens (tertiary/aromatic N) is 1. The lowest BCUT2D eigenvalue weighted by molar-refractivity contribution is -0.870. The van der Waals surface area contributed by atoms with Gasteiger partial charge in [0.2, 0.25) is 0 Å². The Morgan fingerprint density at radius 1 is 0.438 bits per heavy atom. The minimum Gasteiger partial charge on any atom is -0.756 e. The van der Waals surface area contributed by atoms with Crippen LogP contribution in [-0.2, 0) is 27.9 Å². The van der Waals surface area contributed by atoms with Gasteiger partial charge in [-0.2, -0.15) is 0 Å². The minimum absolute atomic E-state index is 0.0163. The van der Waals surface area contributed by atoms with Crippen LogP contribution in [-0.4, -0.2) is 70.7 Å². The number of allylic oxidation sites excluding steroid dienone is 16. The van der Waals surface area contributed by atoms with Crippen LogP contribution in [0.1, 0.15) is 245 Å². The molecule has 0 amide bonds. The van der Waals surface area contributed by atoms with E-state index < -0.39 is 13.9 Å². The zero-order valence-corrected chi connectivity index (χ0v) is 49.0. The van der Waals surface area contributed by atoms with Gasteiger partial charge in [-0.3, -0.25) is 9.36 Å². The number of phosphoric acid groups is 1. The van der Waals surface area contributed by atoms with Crippen molar-refractivity contribution in [2.24, 2.45) is 0 Å². The van der Waals surface area contributed by atoms with Crippen molar-refractivity contribution < 1.29 is 37.3 Å². The van der Waals surface area contributed by atoms with E-state index in [1.54, 1.807) is 0 Å². The van der Waals surface area contributed by atoms with Crippen LogP contribution < -0.4 is 4.89 Å². The van der Waals surface area contributed by atoms with Gasteiger partial charge in [-0.1, -0.05) is 239 Å². The maximum absolute atomic E-state index is 12.8. The largest absolute Gasteiger partial charge is 0.756 e. The first-order chi connectivity index (χ1) is 35.6. The number of unbranched alkanes of at least 4 members (excludes halogenated alkanes) is 25. The smallest absolute Gasteiger partial charge is 0.306 e. The van der Waals surface area contributed by atoms with Gasteiger partial charge in [-0.05, 0) is 96.3 Å². The topological polar surface area (TPSA) is 94.1 Å². The van der Waals surface area contributed by atoms with Gasteiger partial charge in [0.25, 0.3) is 7.82 Å². The van der Waals surface area contributed by atoms with Crippen LogP contribution in [0.3, 0.4) is 0 Å². The molecule has 0 fully saturated rings. The van der Waals surface area contributed by atoms with Crippen LogP contribution in [0.5, 0.6) is 0 Å². The summed E-state index contributed by atoms with van der Waals surface area (Å²) in [5.41, 5.74) is 0. The summed E-state index contributed by atoms with van der Waals surface area (Å²) >= 11 is 0. The number of hydrogen-bond acceptors (Lipinski definition) is 7. The van der Waals surface area contributed by atoms with E-state index in [9.17, 15) is 14.3 Å². The standard InChI is InChI=1S/C64H114NO7P/c1-6-8-10-12-14-16-18-20-22-24-26-28-30-32-34-36-38-40-42-44-46-48-50-52-54-56-59-69-61-63(62-71-73(67,68)70-60-58-65(3,4)5)72-64(66)57-55-53-51-49-47-45-43-41-39-37-35-33-31-29-27-25-23-21-19-17-15-13-11-9-7-2/h8,10,14,16,20,22,25-28,32,34,38,40,44,46,63H,6-7,9,11-13,15,17-19,21,23-24,29-31,33,35-37,39,41-43,45,47-62H2,1-5H3/b10-8-,16-14-,22-20-,27-25-,28-26-,34-32-,40-38-,46-44-. The third kappa shape index (κ3) is 60.2. The number of ether oxygens (including phenoxy) is 2. The van der Waals surface area contributed by atoms with Crippen molar-refractivity contribution in [2.45, 2.75) is 251 Å². The third-order valence-corrected chi connectivity index (χ3v) is 13.6. The van der Waals surface area contributed by atoms with E-state index >= 15 is 0 Å². The fraction of sp³-hybridized carbons (Fsp3) is 0.734. The summed E-state index contributed by atoms with van der Waals surface area (Å²) in [7, 11) is 1.33. The first-order valence-corrected chi connectivity index (χ1v) is 31.4. The summed E-state index contributed by atoms with van der Waals surface area (Å²) in [5.74, 6) is -0.344. The molecule has 0 saturated heterocycles. The maximum Gasteiger partial charge on any atom is 0.306 e. The Kier molecular flexibility index (Phi) is 53.7. The second-order valence-corrected chi connectivity index (χ2v) is 22.4. The molecule has 8 nitrogen and oxygen atoms in total. The van der Waals surface area contributed by atoms with Gasteiger partial charge in [-0.25, -0.2) is 0 Å². The van der Waals surface area contributed by atoms with Crippen molar-refractivity contribution in [3.05, 3.63) is 97.2 Å². The third-order valence-electron chi connectivity index (χ3n) is 12.6. The van der Waals surface area contributed by atoms with Crippen LogP contribution >= 0.6 is 7.82 Å². The van der Waals surface area contributed by atoms with E-state index in [4.69, 9.17) is 18.5 Å². The first-order valence-electron chi connectivity index (χ1n) is 30.0. The molecule has 0 radical (unpaired) electrons. The molecule has 0 aliphatic rings. The average Bonchev–Trinajstić information content (AvgIpc) is 3.35. The molecule has 0 aliphatic heterocycles. The number of quaternary nitrogens is 1. The fourth-order valence-corrected chi connectivity index (χ4v) is 8.78. The maximum atomic E-state index is 12.8. The molecule has 0 heterocycles. The quantitative estimate of drug-likeness (QED) is 0.0197. The summed E-state index contributed by atoms with van der Waals surface area (Å²) in [6.45, 7) is 5.24. The molecular formula is C64H114NO7P. The Labute approximate surface area is 451 Å². The van der Waals surface area contributed by atoms with Gasteiger partial charge in [0.1, 0.15) is 19.3 Å². The molecule has 0 bridgehead atoms. The van der Waals surface area contributed by atoms with Crippen molar-refractivity contribution >= 4 is 13.8 Å². The number of likely N-dealkylation sites (N-methyl/N-ethyl adjacent to an activating group) is 1. The predicted molar refractivity (Wildman–Crippen MR) is 314 cm³/mol. The average molecular weight is 1040 g/mol. The normalized spacial score (nSPS) is 14.1. The molecule has 0 rings (SSSR count). The zero-order chi connectivity index (χ0) is 53.3. The van der Waals surface area contributed by atoms with E-state index in [-0.39, 0.29) is 25.8 Å². The van der Waals surface area contributed by atoms with Crippen LogP contribution in [0.15, 0.2) is 97.2 Å². The SMILES string of the molecule is CC/C=C\C/C=C\C/C=C\C/C=C\C/C=C\C/C=C\C/C=C\CCCCCCOCC(COP(=O)([O-])OCC[N+](C)(C)C)OC(=O)CCCCCCCCCCCCCCC/C=C\CCCCCCCCCC. The molecule has 0 aliphatic carbocycles. The zero-order valence-electron chi connectivity index (χ0n) is 48.1.